The Hall–Kier alpha value is -0.290. The molecule has 1 rings (SSSR count). The maximum Gasteiger partial charge on any atom is 0.225 e. The van der Waals surface area contributed by atoms with Crippen LogP contribution in [0, 0.1) is 0 Å². The molecule has 0 saturated carbocycles. The fourth-order valence-electron chi connectivity index (χ4n) is 0.979. The van der Waals surface area contributed by atoms with Crippen LogP contribution in [0.5, 0.6) is 0 Å². The van der Waals surface area contributed by atoms with Crippen molar-refractivity contribution in [2.45, 2.75) is 6.42 Å². The van der Waals surface area contributed by atoms with Gasteiger partial charge in [0.1, 0.15) is 10.3 Å². The van der Waals surface area contributed by atoms with Crippen LogP contribution in [0.25, 0.3) is 0 Å². The van der Waals surface area contributed by atoms with Crippen LogP contribution in [0.4, 0.5) is 5.95 Å². The molecular formula is C8H10Cl3N3O. The SMILES string of the molecule is OCCNc1nc(Cl)c(CCCl)c(Cl)n1. The van der Waals surface area contributed by atoms with Crippen molar-refractivity contribution in [2.24, 2.45) is 0 Å². The molecule has 0 aromatic carbocycles. The van der Waals surface area contributed by atoms with E-state index in [2.05, 4.69) is 15.3 Å². The zero-order valence-electron chi connectivity index (χ0n) is 7.80. The summed E-state index contributed by atoms with van der Waals surface area (Å²) < 4.78 is 0. The van der Waals surface area contributed by atoms with Crippen LogP contribution >= 0.6 is 34.8 Å². The zero-order valence-corrected chi connectivity index (χ0v) is 10.1. The quantitative estimate of drug-likeness (QED) is 0.634. The minimum absolute atomic E-state index is 0.0119. The lowest BCUT2D eigenvalue weighted by atomic mass is 10.3. The molecule has 1 aromatic rings. The van der Waals surface area contributed by atoms with E-state index in [1.165, 1.54) is 0 Å². The van der Waals surface area contributed by atoms with Gasteiger partial charge in [-0.1, -0.05) is 23.2 Å². The second-order valence-electron chi connectivity index (χ2n) is 2.70. The van der Waals surface area contributed by atoms with Gasteiger partial charge in [-0.05, 0) is 6.42 Å². The number of aliphatic hydroxyl groups is 1. The van der Waals surface area contributed by atoms with Crippen LogP contribution in [-0.4, -0.2) is 34.1 Å². The van der Waals surface area contributed by atoms with E-state index in [0.717, 1.165) is 0 Å². The number of alkyl halides is 1. The molecule has 15 heavy (non-hydrogen) atoms. The third-order valence-electron chi connectivity index (χ3n) is 1.65. The van der Waals surface area contributed by atoms with Crippen molar-refractivity contribution >= 4 is 40.8 Å². The second-order valence-corrected chi connectivity index (χ2v) is 3.79. The maximum atomic E-state index is 8.60. The smallest absolute Gasteiger partial charge is 0.225 e. The predicted molar refractivity (Wildman–Crippen MR) is 62.1 cm³/mol. The highest BCUT2D eigenvalue weighted by atomic mass is 35.5. The lowest BCUT2D eigenvalue weighted by molar-refractivity contribution is 0.311. The summed E-state index contributed by atoms with van der Waals surface area (Å²) >= 11 is 17.4. The van der Waals surface area contributed by atoms with Crippen molar-refractivity contribution < 1.29 is 5.11 Å². The first kappa shape index (κ1) is 12.8. The Balaban J connectivity index is 2.87. The number of aliphatic hydroxyl groups excluding tert-OH is 1. The minimum Gasteiger partial charge on any atom is -0.395 e. The molecule has 1 heterocycles. The highest BCUT2D eigenvalue weighted by molar-refractivity contribution is 6.34. The molecule has 0 aliphatic heterocycles. The molecule has 0 fully saturated rings. The van der Waals surface area contributed by atoms with Gasteiger partial charge in [-0.15, -0.1) is 11.6 Å². The fourth-order valence-corrected chi connectivity index (χ4v) is 1.74. The topological polar surface area (TPSA) is 58.0 Å². The van der Waals surface area contributed by atoms with E-state index in [9.17, 15) is 0 Å². The molecule has 0 saturated heterocycles. The van der Waals surface area contributed by atoms with Crippen molar-refractivity contribution in [3.05, 3.63) is 15.9 Å². The lowest BCUT2D eigenvalue weighted by Crippen LogP contribution is -2.10. The number of halogens is 3. The summed E-state index contributed by atoms with van der Waals surface area (Å²) in [6, 6.07) is 0. The minimum atomic E-state index is -0.0119. The summed E-state index contributed by atoms with van der Waals surface area (Å²) in [6.07, 6.45) is 0.527. The molecule has 1 aromatic heterocycles. The first-order valence-corrected chi connectivity index (χ1v) is 5.60. The van der Waals surface area contributed by atoms with E-state index in [1.54, 1.807) is 0 Å². The van der Waals surface area contributed by atoms with Crippen molar-refractivity contribution in [1.29, 1.82) is 0 Å². The van der Waals surface area contributed by atoms with Gasteiger partial charge in [0.25, 0.3) is 0 Å². The number of nitrogens with zero attached hydrogens (tertiary/aromatic N) is 2. The molecule has 4 nitrogen and oxygen atoms in total. The van der Waals surface area contributed by atoms with Gasteiger partial charge in [0.15, 0.2) is 0 Å². The molecular weight excluding hydrogens is 260 g/mol. The van der Waals surface area contributed by atoms with E-state index in [-0.39, 0.29) is 16.9 Å². The van der Waals surface area contributed by atoms with Crippen LogP contribution in [0.1, 0.15) is 5.56 Å². The van der Waals surface area contributed by atoms with Gasteiger partial charge < -0.3 is 10.4 Å². The Morgan fingerprint density at radius 1 is 1.20 bits per heavy atom. The highest BCUT2D eigenvalue weighted by Crippen LogP contribution is 2.23. The van der Waals surface area contributed by atoms with Crippen LogP contribution in [0.2, 0.25) is 10.3 Å². The van der Waals surface area contributed by atoms with Crippen molar-refractivity contribution in [3.63, 3.8) is 0 Å². The van der Waals surface area contributed by atoms with Crippen molar-refractivity contribution in [2.75, 3.05) is 24.3 Å². The summed E-state index contributed by atoms with van der Waals surface area (Å²) in [7, 11) is 0. The third-order valence-corrected chi connectivity index (χ3v) is 2.46. The molecule has 0 aliphatic carbocycles. The lowest BCUT2D eigenvalue weighted by Gasteiger charge is -2.07. The number of rotatable bonds is 5. The highest BCUT2D eigenvalue weighted by Gasteiger charge is 2.10. The first-order chi connectivity index (χ1) is 7.19. The van der Waals surface area contributed by atoms with Crippen molar-refractivity contribution in [3.8, 4) is 0 Å². The van der Waals surface area contributed by atoms with Gasteiger partial charge in [0, 0.05) is 18.0 Å². The third kappa shape index (κ3) is 3.65. The Labute approximate surface area is 103 Å². The normalized spacial score (nSPS) is 10.4. The number of hydrogen-bond acceptors (Lipinski definition) is 4. The Morgan fingerprint density at radius 2 is 1.80 bits per heavy atom. The van der Waals surface area contributed by atoms with E-state index >= 15 is 0 Å². The van der Waals surface area contributed by atoms with Gasteiger partial charge in [-0.3, -0.25) is 0 Å². The van der Waals surface area contributed by atoms with Gasteiger partial charge in [-0.2, -0.15) is 0 Å². The largest absolute Gasteiger partial charge is 0.395 e. The van der Waals surface area contributed by atoms with Crippen molar-refractivity contribution in [1.82, 2.24) is 9.97 Å². The molecule has 2 N–H and O–H groups in total. The summed E-state index contributed by atoms with van der Waals surface area (Å²) in [5.41, 5.74) is 0.642. The van der Waals surface area contributed by atoms with E-state index in [0.29, 0.717) is 30.4 Å². The molecule has 7 heteroatoms. The van der Waals surface area contributed by atoms with Crippen LogP contribution in [0.15, 0.2) is 0 Å². The Bertz CT molecular complexity index is 312. The molecule has 0 atom stereocenters. The monoisotopic (exact) mass is 269 g/mol. The molecule has 0 unspecified atom stereocenters. The first-order valence-electron chi connectivity index (χ1n) is 4.31. The summed E-state index contributed by atoms with van der Waals surface area (Å²) in [4.78, 5) is 7.96. The molecule has 0 bridgehead atoms. The number of aromatic nitrogens is 2. The van der Waals surface area contributed by atoms with Gasteiger partial charge in [0.05, 0.1) is 6.61 Å². The molecule has 0 spiro atoms. The summed E-state index contributed by atoms with van der Waals surface area (Å²) in [5.74, 6) is 0.712. The van der Waals surface area contributed by atoms with Crippen LogP contribution in [-0.2, 0) is 6.42 Å². The van der Waals surface area contributed by atoms with E-state index in [4.69, 9.17) is 39.9 Å². The van der Waals surface area contributed by atoms with Gasteiger partial charge in [0.2, 0.25) is 5.95 Å². The molecule has 84 valence electrons. The Kier molecular flexibility index (Phi) is 5.39. The average Bonchev–Trinajstić information content (AvgIpc) is 2.20. The standard InChI is InChI=1S/C8H10Cl3N3O/c9-2-1-5-6(10)13-8(12-3-4-15)14-7(5)11/h15H,1-4H2,(H,12,13,14). The predicted octanol–water partition coefficient (Wildman–Crippen LogP) is 1.97. The molecule has 0 radical (unpaired) electrons. The maximum absolute atomic E-state index is 8.60. The molecule has 0 amide bonds. The van der Waals surface area contributed by atoms with Crippen LogP contribution in [0.3, 0.4) is 0 Å². The van der Waals surface area contributed by atoms with Gasteiger partial charge >= 0.3 is 0 Å². The second kappa shape index (κ2) is 6.33. The molecule has 0 aliphatic rings. The summed E-state index contributed by atoms with van der Waals surface area (Å²) in [5, 5.41) is 12.0. The number of nitrogens with one attached hydrogen (secondary N) is 1. The average molecular weight is 271 g/mol. The van der Waals surface area contributed by atoms with E-state index < -0.39 is 0 Å². The van der Waals surface area contributed by atoms with Crippen LogP contribution < -0.4 is 5.32 Å². The van der Waals surface area contributed by atoms with E-state index in [1.807, 2.05) is 0 Å². The summed E-state index contributed by atoms with van der Waals surface area (Å²) in [6.45, 7) is 0.337. The number of anilines is 1. The zero-order chi connectivity index (χ0) is 11.3. The Morgan fingerprint density at radius 3 is 2.27 bits per heavy atom. The number of hydrogen-bond donors (Lipinski definition) is 2. The van der Waals surface area contributed by atoms with Gasteiger partial charge in [-0.25, -0.2) is 9.97 Å². The fraction of sp³-hybridized carbons (Fsp3) is 0.500.